The molecule has 2 aromatic heterocycles. The van der Waals surface area contributed by atoms with Crippen molar-refractivity contribution in [3.05, 3.63) is 17.7 Å². The van der Waals surface area contributed by atoms with Crippen LogP contribution in [0.2, 0.25) is 0 Å². The molecule has 0 bridgehead atoms. The SMILES string of the molecule is O=C(O)c1cnc2nc(C3CCCC3)[nH]n12. The van der Waals surface area contributed by atoms with Gasteiger partial charge in [0.2, 0.25) is 0 Å². The Morgan fingerprint density at radius 1 is 1.50 bits per heavy atom. The van der Waals surface area contributed by atoms with Gasteiger partial charge in [0, 0.05) is 5.92 Å². The summed E-state index contributed by atoms with van der Waals surface area (Å²) in [5.74, 6) is 0.750. The van der Waals surface area contributed by atoms with Crippen molar-refractivity contribution in [2.75, 3.05) is 0 Å². The Kier molecular flexibility index (Phi) is 1.95. The maximum absolute atomic E-state index is 10.9. The number of hydrogen-bond acceptors (Lipinski definition) is 3. The standard InChI is InChI=1S/C10H12N4O2/c15-9(16)7-5-11-10-12-8(13-14(7)10)6-3-1-2-4-6/h5-6H,1-4H2,(H,15,16)(H,11,12,13). The van der Waals surface area contributed by atoms with E-state index in [2.05, 4.69) is 15.1 Å². The number of carbonyl (C=O) groups is 1. The Balaban J connectivity index is 2.05. The number of nitrogens with one attached hydrogen (secondary N) is 1. The molecular weight excluding hydrogens is 208 g/mol. The minimum Gasteiger partial charge on any atom is -0.476 e. The van der Waals surface area contributed by atoms with Gasteiger partial charge in [0.05, 0.1) is 6.20 Å². The average molecular weight is 220 g/mol. The molecule has 1 aliphatic carbocycles. The Bertz CT molecular complexity index is 536. The molecule has 0 spiro atoms. The van der Waals surface area contributed by atoms with E-state index in [0.29, 0.717) is 11.7 Å². The van der Waals surface area contributed by atoms with Crippen molar-refractivity contribution < 1.29 is 9.90 Å². The number of aromatic nitrogens is 4. The van der Waals surface area contributed by atoms with Gasteiger partial charge in [0.15, 0.2) is 5.69 Å². The number of H-pyrrole nitrogens is 1. The summed E-state index contributed by atoms with van der Waals surface area (Å²) in [5.41, 5.74) is 0.131. The van der Waals surface area contributed by atoms with E-state index in [1.807, 2.05) is 0 Å². The third-order valence-corrected chi connectivity index (χ3v) is 3.15. The van der Waals surface area contributed by atoms with Crippen LogP contribution in [0.5, 0.6) is 0 Å². The smallest absolute Gasteiger partial charge is 0.356 e. The molecule has 1 aliphatic rings. The van der Waals surface area contributed by atoms with Crippen LogP contribution in [0, 0.1) is 0 Å². The van der Waals surface area contributed by atoms with Gasteiger partial charge in [-0.05, 0) is 12.8 Å². The van der Waals surface area contributed by atoms with Crippen LogP contribution in [0.25, 0.3) is 5.78 Å². The van der Waals surface area contributed by atoms with Crippen LogP contribution < -0.4 is 0 Å². The Labute approximate surface area is 91.3 Å². The molecule has 2 heterocycles. The second kappa shape index (κ2) is 3.33. The third-order valence-electron chi connectivity index (χ3n) is 3.15. The van der Waals surface area contributed by atoms with Crippen LogP contribution in [0.15, 0.2) is 6.20 Å². The molecule has 0 unspecified atom stereocenters. The summed E-state index contributed by atoms with van der Waals surface area (Å²) < 4.78 is 1.44. The first-order valence-corrected chi connectivity index (χ1v) is 5.42. The van der Waals surface area contributed by atoms with E-state index in [0.717, 1.165) is 18.7 Å². The van der Waals surface area contributed by atoms with Crippen molar-refractivity contribution in [1.82, 2.24) is 19.6 Å². The normalized spacial score (nSPS) is 17.2. The highest BCUT2D eigenvalue weighted by Crippen LogP contribution is 2.32. The van der Waals surface area contributed by atoms with Crippen LogP contribution in [0.1, 0.15) is 47.9 Å². The fourth-order valence-electron chi connectivity index (χ4n) is 2.31. The van der Waals surface area contributed by atoms with Crippen LogP contribution in [-0.4, -0.2) is 30.7 Å². The lowest BCUT2D eigenvalue weighted by Gasteiger charge is -2.02. The van der Waals surface area contributed by atoms with E-state index < -0.39 is 5.97 Å². The van der Waals surface area contributed by atoms with E-state index in [1.165, 1.54) is 23.6 Å². The zero-order valence-electron chi connectivity index (χ0n) is 8.68. The Hall–Kier alpha value is -1.85. The molecule has 2 N–H and O–H groups in total. The minimum absolute atomic E-state index is 0.131. The summed E-state index contributed by atoms with van der Waals surface area (Å²) in [7, 11) is 0. The summed E-state index contributed by atoms with van der Waals surface area (Å²) >= 11 is 0. The highest BCUT2D eigenvalue weighted by molar-refractivity contribution is 5.86. The lowest BCUT2D eigenvalue weighted by molar-refractivity contribution is 0.0688. The minimum atomic E-state index is -0.992. The highest BCUT2D eigenvalue weighted by atomic mass is 16.4. The van der Waals surface area contributed by atoms with E-state index in [1.54, 1.807) is 0 Å². The molecular formula is C10H12N4O2. The number of fused-ring (bicyclic) bond motifs is 1. The van der Waals surface area contributed by atoms with Crippen molar-refractivity contribution in [3.8, 4) is 0 Å². The first-order valence-electron chi connectivity index (χ1n) is 5.42. The van der Waals surface area contributed by atoms with Gasteiger partial charge in [-0.25, -0.2) is 14.3 Å². The monoisotopic (exact) mass is 220 g/mol. The quantitative estimate of drug-likeness (QED) is 0.801. The van der Waals surface area contributed by atoms with Crippen molar-refractivity contribution in [2.24, 2.45) is 0 Å². The van der Waals surface area contributed by atoms with Gasteiger partial charge in [0.25, 0.3) is 5.78 Å². The van der Waals surface area contributed by atoms with Gasteiger partial charge in [-0.1, -0.05) is 12.8 Å². The summed E-state index contributed by atoms with van der Waals surface area (Å²) in [6.07, 6.45) is 6.01. The number of carboxylic acids is 1. The van der Waals surface area contributed by atoms with Crippen molar-refractivity contribution in [1.29, 1.82) is 0 Å². The van der Waals surface area contributed by atoms with Crippen molar-refractivity contribution >= 4 is 11.7 Å². The number of imidazole rings is 1. The first kappa shape index (κ1) is 9.38. The molecule has 6 heteroatoms. The zero-order valence-corrected chi connectivity index (χ0v) is 8.68. The van der Waals surface area contributed by atoms with Crippen molar-refractivity contribution in [3.63, 3.8) is 0 Å². The van der Waals surface area contributed by atoms with Crippen LogP contribution in [0.4, 0.5) is 0 Å². The second-order valence-electron chi connectivity index (χ2n) is 4.17. The van der Waals surface area contributed by atoms with E-state index in [4.69, 9.17) is 5.11 Å². The van der Waals surface area contributed by atoms with E-state index in [9.17, 15) is 4.79 Å². The number of hydrogen-bond donors (Lipinski definition) is 2. The molecule has 1 saturated carbocycles. The number of aromatic carboxylic acids is 1. The van der Waals surface area contributed by atoms with Gasteiger partial charge in [0.1, 0.15) is 5.82 Å². The third kappa shape index (κ3) is 1.30. The molecule has 84 valence electrons. The molecule has 0 atom stereocenters. The molecule has 0 aromatic carbocycles. The highest BCUT2D eigenvalue weighted by Gasteiger charge is 2.22. The summed E-state index contributed by atoms with van der Waals surface area (Å²) in [5, 5.41) is 12.0. The number of rotatable bonds is 2. The average Bonchev–Trinajstić information content (AvgIpc) is 2.92. The fraction of sp³-hybridized carbons (Fsp3) is 0.500. The topological polar surface area (TPSA) is 83.3 Å². The van der Waals surface area contributed by atoms with Crippen LogP contribution in [0.3, 0.4) is 0 Å². The summed E-state index contributed by atoms with van der Waals surface area (Å²) in [6, 6.07) is 0. The second-order valence-corrected chi connectivity index (χ2v) is 4.17. The Morgan fingerprint density at radius 2 is 2.25 bits per heavy atom. The molecule has 0 aliphatic heterocycles. The van der Waals surface area contributed by atoms with Crippen LogP contribution >= 0.6 is 0 Å². The first-order chi connectivity index (χ1) is 7.75. The fourth-order valence-corrected chi connectivity index (χ4v) is 2.31. The molecule has 1 fully saturated rings. The van der Waals surface area contributed by atoms with E-state index in [-0.39, 0.29) is 5.69 Å². The van der Waals surface area contributed by atoms with Gasteiger partial charge < -0.3 is 5.11 Å². The van der Waals surface area contributed by atoms with Gasteiger partial charge in [-0.15, -0.1) is 0 Å². The lowest BCUT2D eigenvalue weighted by Crippen LogP contribution is -2.03. The van der Waals surface area contributed by atoms with E-state index >= 15 is 0 Å². The maximum Gasteiger partial charge on any atom is 0.356 e. The predicted molar refractivity (Wildman–Crippen MR) is 55.5 cm³/mol. The van der Waals surface area contributed by atoms with Crippen LogP contribution in [-0.2, 0) is 0 Å². The largest absolute Gasteiger partial charge is 0.476 e. The number of aromatic amines is 1. The zero-order chi connectivity index (χ0) is 11.1. The molecule has 16 heavy (non-hydrogen) atoms. The summed E-state index contributed by atoms with van der Waals surface area (Å²) in [6.45, 7) is 0. The molecule has 3 rings (SSSR count). The van der Waals surface area contributed by atoms with Gasteiger partial charge in [-0.3, -0.25) is 5.10 Å². The van der Waals surface area contributed by atoms with Crippen molar-refractivity contribution in [2.45, 2.75) is 31.6 Å². The summed E-state index contributed by atoms with van der Waals surface area (Å²) in [4.78, 5) is 19.2. The maximum atomic E-state index is 10.9. The molecule has 0 radical (unpaired) electrons. The predicted octanol–water partition coefficient (Wildman–Crippen LogP) is 1.41. The van der Waals surface area contributed by atoms with Gasteiger partial charge >= 0.3 is 5.97 Å². The molecule has 2 aromatic rings. The Morgan fingerprint density at radius 3 is 2.94 bits per heavy atom. The molecule has 0 amide bonds. The number of nitrogens with zero attached hydrogens (tertiary/aromatic N) is 3. The van der Waals surface area contributed by atoms with Gasteiger partial charge in [-0.2, -0.15) is 4.98 Å². The number of carboxylic acid groups (broad SMARTS) is 1. The molecule has 0 saturated heterocycles. The lowest BCUT2D eigenvalue weighted by atomic mass is 10.1. The molecule has 6 nitrogen and oxygen atoms in total.